The first-order valence-electron chi connectivity index (χ1n) is 10.6. The van der Waals surface area contributed by atoms with E-state index in [9.17, 15) is 0 Å². The van der Waals surface area contributed by atoms with Gasteiger partial charge in [0.1, 0.15) is 18.1 Å². The van der Waals surface area contributed by atoms with Gasteiger partial charge in [-0.1, -0.05) is 48.1 Å². The highest BCUT2D eigenvalue weighted by Crippen LogP contribution is 2.22. The van der Waals surface area contributed by atoms with Crippen molar-refractivity contribution in [3.63, 3.8) is 0 Å². The molecule has 0 amide bonds. The van der Waals surface area contributed by atoms with Crippen LogP contribution < -0.4 is 10.3 Å². The van der Waals surface area contributed by atoms with Crippen molar-refractivity contribution < 1.29 is 9.57 Å². The fraction of sp³-hybridized carbons (Fsp3) is 0.417. The van der Waals surface area contributed by atoms with E-state index in [2.05, 4.69) is 65.1 Å². The van der Waals surface area contributed by atoms with Gasteiger partial charge in [-0.05, 0) is 62.0 Å². The molecule has 1 N–H and O–H groups in total. The molecule has 2 aliphatic heterocycles. The van der Waals surface area contributed by atoms with Gasteiger partial charge in [0, 0.05) is 19.5 Å². The van der Waals surface area contributed by atoms with Crippen LogP contribution in [0.4, 0.5) is 0 Å². The summed E-state index contributed by atoms with van der Waals surface area (Å²) in [5.74, 6) is 1.97. The van der Waals surface area contributed by atoms with E-state index in [1.165, 1.54) is 30.5 Å². The van der Waals surface area contributed by atoms with Crippen LogP contribution in [0.5, 0.6) is 5.75 Å². The number of nitrogens with zero attached hydrogens (tertiary/aromatic N) is 2. The van der Waals surface area contributed by atoms with Crippen molar-refractivity contribution >= 4 is 0 Å². The molecule has 2 aliphatic rings. The van der Waals surface area contributed by atoms with Gasteiger partial charge >= 0.3 is 0 Å². The molecule has 0 bridgehead atoms. The average Bonchev–Trinajstić information content (AvgIpc) is 3.37. The number of ether oxygens (including phenoxy) is 1. The Morgan fingerprint density at radius 2 is 1.86 bits per heavy atom. The Morgan fingerprint density at radius 3 is 2.62 bits per heavy atom. The maximum absolute atomic E-state index is 6.12. The molecule has 2 aromatic carbocycles. The van der Waals surface area contributed by atoms with Gasteiger partial charge in [-0.25, -0.2) is 0 Å². The summed E-state index contributed by atoms with van der Waals surface area (Å²) < 4.78 is 6.12. The summed E-state index contributed by atoms with van der Waals surface area (Å²) in [6.45, 7) is 3.03. The number of hydrogen-bond donors (Lipinski definition) is 1. The third-order valence-electron chi connectivity index (χ3n) is 5.64. The Morgan fingerprint density at radius 1 is 1.07 bits per heavy atom. The van der Waals surface area contributed by atoms with E-state index in [1.54, 1.807) is 0 Å². The average molecular weight is 394 g/mol. The van der Waals surface area contributed by atoms with Crippen molar-refractivity contribution in [2.45, 2.75) is 38.1 Å². The fourth-order valence-corrected chi connectivity index (χ4v) is 4.08. The second-order valence-electron chi connectivity index (χ2n) is 7.95. The summed E-state index contributed by atoms with van der Waals surface area (Å²) in [6.07, 6.45) is 7.51. The van der Waals surface area contributed by atoms with Gasteiger partial charge in [0.25, 0.3) is 0 Å². The molecule has 29 heavy (non-hydrogen) atoms. The van der Waals surface area contributed by atoms with Crippen molar-refractivity contribution in [2.24, 2.45) is 0 Å². The molecule has 0 aromatic heterocycles. The third-order valence-corrected chi connectivity index (χ3v) is 5.64. The predicted molar refractivity (Wildman–Crippen MR) is 115 cm³/mol. The van der Waals surface area contributed by atoms with Crippen LogP contribution in [-0.4, -0.2) is 42.7 Å². The van der Waals surface area contributed by atoms with Crippen molar-refractivity contribution in [3.8, 4) is 5.75 Å². The van der Waals surface area contributed by atoms with Crippen molar-refractivity contribution in [1.29, 1.82) is 0 Å². The van der Waals surface area contributed by atoms with Gasteiger partial charge in [-0.3, -0.25) is 9.91 Å². The van der Waals surface area contributed by atoms with Crippen LogP contribution in [0, 0.1) is 0 Å². The molecule has 1 atom stereocenters. The van der Waals surface area contributed by atoms with Gasteiger partial charge < -0.3 is 9.57 Å². The van der Waals surface area contributed by atoms with E-state index in [-0.39, 0.29) is 0 Å². The SMILES string of the molecule is CN1C=C(CCCN2CCC[C@@H]2COc2ccc(Cc3ccccc3)cc2)ON1. The van der Waals surface area contributed by atoms with Gasteiger partial charge in [0.15, 0.2) is 0 Å². The smallest absolute Gasteiger partial charge is 0.144 e. The zero-order chi connectivity index (χ0) is 19.9. The molecule has 2 aromatic rings. The molecule has 1 saturated heterocycles. The van der Waals surface area contributed by atoms with E-state index in [0.29, 0.717) is 6.04 Å². The van der Waals surface area contributed by atoms with E-state index in [0.717, 1.165) is 43.9 Å². The fourth-order valence-electron chi connectivity index (χ4n) is 4.08. The molecular formula is C24H31N3O2. The zero-order valence-corrected chi connectivity index (χ0v) is 17.2. The summed E-state index contributed by atoms with van der Waals surface area (Å²) in [5, 5.41) is 1.84. The minimum atomic E-state index is 0.512. The van der Waals surface area contributed by atoms with E-state index < -0.39 is 0 Å². The molecule has 4 rings (SSSR count). The topological polar surface area (TPSA) is 37.0 Å². The van der Waals surface area contributed by atoms with Crippen LogP contribution >= 0.6 is 0 Å². The van der Waals surface area contributed by atoms with Crippen molar-refractivity contribution in [2.75, 3.05) is 26.7 Å². The molecule has 0 aliphatic carbocycles. The van der Waals surface area contributed by atoms with Crippen molar-refractivity contribution in [3.05, 3.63) is 77.7 Å². The van der Waals surface area contributed by atoms with Crippen LogP contribution in [0.2, 0.25) is 0 Å². The molecule has 5 nitrogen and oxygen atoms in total. The van der Waals surface area contributed by atoms with Gasteiger partial charge in [-0.2, -0.15) is 0 Å². The molecule has 154 valence electrons. The lowest BCUT2D eigenvalue weighted by molar-refractivity contribution is 0.0318. The first kappa shape index (κ1) is 19.8. The largest absolute Gasteiger partial charge is 0.492 e. The highest BCUT2D eigenvalue weighted by molar-refractivity contribution is 5.31. The third kappa shape index (κ3) is 5.75. The van der Waals surface area contributed by atoms with Gasteiger partial charge in [-0.15, -0.1) is 0 Å². The number of rotatable bonds is 9. The highest BCUT2D eigenvalue weighted by Gasteiger charge is 2.25. The van der Waals surface area contributed by atoms with Crippen LogP contribution in [-0.2, 0) is 11.3 Å². The molecule has 0 spiro atoms. The van der Waals surface area contributed by atoms with Crippen LogP contribution in [0.3, 0.4) is 0 Å². The lowest BCUT2D eigenvalue weighted by Crippen LogP contribution is -2.35. The van der Waals surface area contributed by atoms with Crippen molar-refractivity contribution in [1.82, 2.24) is 15.5 Å². The number of hydrogen-bond acceptors (Lipinski definition) is 5. The predicted octanol–water partition coefficient (Wildman–Crippen LogP) is 4.12. The van der Waals surface area contributed by atoms with E-state index in [1.807, 2.05) is 18.3 Å². The molecular weight excluding hydrogens is 362 g/mol. The minimum absolute atomic E-state index is 0.512. The van der Waals surface area contributed by atoms with E-state index in [4.69, 9.17) is 9.57 Å². The molecule has 0 unspecified atom stereocenters. The lowest BCUT2D eigenvalue weighted by atomic mass is 10.1. The summed E-state index contributed by atoms with van der Waals surface area (Å²) in [4.78, 5) is 7.97. The Kier molecular flexibility index (Phi) is 6.70. The number of benzene rings is 2. The Hall–Kier alpha value is -2.50. The second-order valence-corrected chi connectivity index (χ2v) is 7.95. The lowest BCUT2D eigenvalue weighted by Gasteiger charge is -2.24. The van der Waals surface area contributed by atoms with E-state index >= 15 is 0 Å². The Balaban J connectivity index is 1.21. The summed E-state index contributed by atoms with van der Waals surface area (Å²) in [7, 11) is 1.94. The second kappa shape index (κ2) is 9.81. The monoisotopic (exact) mass is 393 g/mol. The number of allylic oxidation sites excluding steroid dienone is 1. The van der Waals surface area contributed by atoms with Gasteiger partial charge in [0.05, 0.1) is 6.20 Å². The number of nitrogens with one attached hydrogen (secondary N) is 1. The zero-order valence-electron chi connectivity index (χ0n) is 17.2. The molecule has 2 heterocycles. The van der Waals surface area contributed by atoms with Crippen LogP contribution in [0.15, 0.2) is 66.6 Å². The Labute approximate surface area is 173 Å². The highest BCUT2D eigenvalue weighted by atomic mass is 16.7. The minimum Gasteiger partial charge on any atom is -0.492 e. The number of likely N-dealkylation sites (tertiary alicyclic amines) is 1. The first-order chi connectivity index (χ1) is 14.3. The first-order valence-corrected chi connectivity index (χ1v) is 10.6. The van der Waals surface area contributed by atoms with Crippen LogP contribution in [0.25, 0.3) is 0 Å². The maximum atomic E-state index is 6.12. The molecule has 0 radical (unpaired) electrons. The van der Waals surface area contributed by atoms with Gasteiger partial charge in [0.2, 0.25) is 0 Å². The molecule has 5 heteroatoms. The molecule has 1 fully saturated rings. The summed E-state index contributed by atoms with van der Waals surface area (Å²) >= 11 is 0. The Bertz CT molecular complexity index is 792. The molecule has 0 saturated carbocycles. The quantitative estimate of drug-likeness (QED) is 0.693. The van der Waals surface area contributed by atoms with Crippen LogP contribution in [0.1, 0.15) is 36.8 Å². The summed E-state index contributed by atoms with van der Waals surface area (Å²) in [5.41, 5.74) is 5.47. The number of hydrazine groups is 1. The summed E-state index contributed by atoms with van der Waals surface area (Å²) in [6, 6.07) is 19.6. The standard InChI is InChI=1S/C24H31N3O2/c1-26-18-24(29-25-26)10-6-16-27-15-5-9-22(27)19-28-23-13-11-21(12-14-23)17-20-7-3-2-4-8-20/h2-4,7-8,11-14,18,22,25H,5-6,9-10,15-17,19H2,1H3/t22-/m1/s1. The normalized spacial score (nSPS) is 19.3. The maximum Gasteiger partial charge on any atom is 0.144 e.